The number of nitro benzene ring substituents is 1. The lowest BCUT2D eigenvalue weighted by atomic mass is 9.89. The summed E-state index contributed by atoms with van der Waals surface area (Å²) in [4.78, 5) is 48.3. The first-order valence-corrected chi connectivity index (χ1v) is 6.82. The van der Waals surface area contributed by atoms with Crippen molar-refractivity contribution in [2.75, 3.05) is 6.54 Å². The molecule has 0 radical (unpaired) electrons. The molecule has 0 bridgehead atoms. The van der Waals surface area contributed by atoms with Gasteiger partial charge in [0.1, 0.15) is 5.54 Å². The Labute approximate surface area is 125 Å². The summed E-state index contributed by atoms with van der Waals surface area (Å²) in [6, 6.07) is 3.52. The van der Waals surface area contributed by atoms with Gasteiger partial charge in [-0.2, -0.15) is 0 Å². The van der Waals surface area contributed by atoms with Crippen molar-refractivity contribution in [3.8, 4) is 0 Å². The van der Waals surface area contributed by atoms with Gasteiger partial charge >= 0.3 is 0 Å². The van der Waals surface area contributed by atoms with Crippen LogP contribution in [0.5, 0.6) is 0 Å². The SMILES string of the molecule is C[C@]1(N2C(=O)c3ccc([N+](=O)[O-])cc3C2=O)CCCNC1=O. The van der Waals surface area contributed by atoms with Gasteiger partial charge < -0.3 is 5.32 Å². The Morgan fingerprint density at radius 1 is 1.23 bits per heavy atom. The van der Waals surface area contributed by atoms with E-state index >= 15 is 0 Å². The van der Waals surface area contributed by atoms with E-state index in [9.17, 15) is 24.5 Å². The van der Waals surface area contributed by atoms with Crippen molar-refractivity contribution >= 4 is 23.4 Å². The summed E-state index contributed by atoms with van der Waals surface area (Å²) in [5, 5.41) is 13.5. The highest BCUT2D eigenvalue weighted by atomic mass is 16.6. The smallest absolute Gasteiger partial charge is 0.270 e. The lowest BCUT2D eigenvalue weighted by molar-refractivity contribution is -0.384. The molecule has 1 atom stereocenters. The van der Waals surface area contributed by atoms with E-state index in [4.69, 9.17) is 0 Å². The van der Waals surface area contributed by atoms with Crippen LogP contribution in [0.3, 0.4) is 0 Å². The number of carbonyl (C=O) groups excluding carboxylic acids is 3. The molecule has 0 aromatic heterocycles. The first-order valence-electron chi connectivity index (χ1n) is 6.82. The lowest BCUT2D eigenvalue weighted by Crippen LogP contribution is -2.61. The minimum Gasteiger partial charge on any atom is -0.354 e. The molecule has 0 spiro atoms. The minimum absolute atomic E-state index is 0.0289. The fourth-order valence-corrected chi connectivity index (χ4v) is 2.94. The van der Waals surface area contributed by atoms with Gasteiger partial charge in [-0.05, 0) is 25.8 Å². The predicted octanol–water partition coefficient (Wildman–Crippen LogP) is 0.859. The van der Waals surface area contributed by atoms with Crippen molar-refractivity contribution in [3.63, 3.8) is 0 Å². The van der Waals surface area contributed by atoms with Gasteiger partial charge in [-0.3, -0.25) is 29.4 Å². The topological polar surface area (TPSA) is 110 Å². The molecule has 1 saturated heterocycles. The predicted molar refractivity (Wildman–Crippen MR) is 74.2 cm³/mol. The van der Waals surface area contributed by atoms with Crippen molar-refractivity contribution in [3.05, 3.63) is 39.4 Å². The molecule has 2 aliphatic heterocycles. The second-order valence-electron chi connectivity index (χ2n) is 5.57. The largest absolute Gasteiger partial charge is 0.354 e. The van der Waals surface area contributed by atoms with E-state index in [0.717, 1.165) is 11.0 Å². The van der Waals surface area contributed by atoms with Gasteiger partial charge in [0.15, 0.2) is 0 Å². The molecule has 3 amide bonds. The zero-order valence-electron chi connectivity index (χ0n) is 11.8. The highest BCUT2D eigenvalue weighted by Crippen LogP contribution is 2.35. The average Bonchev–Trinajstić information content (AvgIpc) is 2.74. The number of amides is 3. The summed E-state index contributed by atoms with van der Waals surface area (Å²) in [7, 11) is 0. The highest BCUT2D eigenvalue weighted by molar-refractivity contribution is 6.23. The van der Waals surface area contributed by atoms with Gasteiger partial charge in [0.25, 0.3) is 17.5 Å². The van der Waals surface area contributed by atoms with E-state index in [1.807, 2.05) is 0 Å². The van der Waals surface area contributed by atoms with Gasteiger partial charge in [0.2, 0.25) is 5.91 Å². The Morgan fingerprint density at radius 2 is 1.91 bits per heavy atom. The van der Waals surface area contributed by atoms with Crippen molar-refractivity contribution < 1.29 is 19.3 Å². The normalized spacial score (nSPS) is 24.2. The number of piperidine rings is 1. The third kappa shape index (κ3) is 1.80. The quantitative estimate of drug-likeness (QED) is 0.495. The monoisotopic (exact) mass is 303 g/mol. The summed E-state index contributed by atoms with van der Waals surface area (Å²) in [5.74, 6) is -1.64. The third-order valence-corrected chi connectivity index (χ3v) is 4.19. The number of nitrogens with zero attached hydrogens (tertiary/aromatic N) is 2. The second kappa shape index (κ2) is 4.62. The van der Waals surface area contributed by atoms with E-state index < -0.39 is 22.3 Å². The number of hydrogen-bond acceptors (Lipinski definition) is 5. The maximum Gasteiger partial charge on any atom is 0.270 e. The van der Waals surface area contributed by atoms with Gasteiger partial charge in [-0.15, -0.1) is 0 Å². The Kier molecular flexibility index (Phi) is 2.98. The summed E-state index contributed by atoms with van der Waals surface area (Å²) in [6.45, 7) is 2.04. The van der Waals surface area contributed by atoms with Crippen LogP contribution in [-0.4, -0.2) is 39.6 Å². The molecule has 2 heterocycles. The molecule has 1 aromatic rings. The van der Waals surface area contributed by atoms with Crippen LogP contribution in [-0.2, 0) is 4.79 Å². The molecule has 8 nitrogen and oxygen atoms in total. The molecule has 1 aromatic carbocycles. The first-order chi connectivity index (χ1) is 10.4. The van der Waals surface area contributed by atoms with Crippen LogP contribution in [0.15, 0.2) is 18.2 Å². The van der Waals surface area contributed by atoms with Crippen molar-refractivity contribution in [1.82, 2.24) is 10.2 Å². The number of hydrogen-bond donors (Lipinski definition) is 1. The maximum absolute atomic E-state index is 12.5. The molecule has 3 rings (SSSR count). The Balaban J connectivity index is 2.06. The van der Waals surface area contributed by atoms with E-state index in [2.05, 4.69) is 5.32 Å². The van der Waals surface area contributed by atoms with Crippen LogP contribution in [0.25, 0.3) is 0 Å². The van der Waals surface area contributed by atoms with E-state index in [1.54, 1.807) is 0 Å². The van der Waals surface area contributed by atoms with Crippen molar-refractivity contribution in [1.29, 1.82) is 0 Å². The maximum atomic E-state index is 12.5. The van der Waals surface area contributed by atoms with Crippen LogP contribution >= 0.6 is 0 Å². The first kappa shape index (κ1) is 14.2. The summed E-state index contributed by atoms with van der Waals surface area (Å²) < 4.78 is 0. The standard InChI is InChI=1S/C14H13N3O5/c1-14(5-2-6-15-13(14)20)16-11(18)9-4-3-8(17(21)22)7-10(9)12(16)19/h3-4,7H,2,5-6H2,1H3,(H,15,20)/t14-/m0/s1. The molecule has 8 heteroatoms. The molecule has 0 saturated carbocycles. The number of nitro groups is 1. The Hall–Kier alpha value is -2.77. The Morgan fingerprint density at radius 3 is 2.55 bits per heavy atom. The molecule has 0 aliphatic carbocycles. The molecule has 2 aliphatic rings. The van der Waals surface area contributed by atoms with Gasteiger partial charge in [-0.25, -0.2) is 0 Å². The number of carbonyl (C=O) groups is 3. The van der Waals surface area contributed by atoms with E-state index in [-0.39, 0.29) is 22.7 Å². The third-order valence-electron chi connectivity index (χ3n) is 4.19. The van der Waals surface area contributed by atoms with Crippen LogP contribution in [0, 0.1) is 10.1 Å². The summed E-state index contributed by atoms with van der Waals surface area (Å²) in [6.07, 6.45) is 1.02. The minimum atomic E-state index is -1.26. The van der Waals surface area contributed by atoms with Crippen molar-refractivity contribution in [2.45, 2.75) is 25.3 Å². The van der Waals surface area contributed by atoms with Crippen LogP contribution in [0.4, 0.5) is 5.69 Å². The van der Waals surface area contributed by atoms with Crippen molar-refractivity contribution in [2.24, 2.45) is 0 Å². The van der Waals surface area contributed by atoms with Gasteiger partial charge in [0.05, 0.1) is 16.1 Å². The van der Waals surface area contributed by atoms with Crippen LogP contribution in [0.1, 0.15) is 40.5 Å². The summed E-state index contributed by atoms with van der Waals surface area (Å²) in [5.41, 5.74) is -1.46. The number of fused-ring (bicyclic) bond motifs is 1. The van der Waals surface area contributed by atoms with Crippen LogP contribution < -0.4 is 5.32 Å². The number of non-ortho nitro benzene ring substituents is 1. The fraction of sp³-hybridized carbons (Fsp3) is 0.357. The van der Waals surface area contributed by atoms with E-state index in [1.165, 1.54) is 19.1 Å². The number of benzene rings is 1. The zero-order chi connectivity index (χ0) is 16.1. The number of imide groups is 1. The van der Waals surface area contributed by atoms with Gasteiger partial charge in [-0.1, -0.05) is 0 Å². The molecule has 114 valence electrons. The molecule has 22 heavy (non-hydrogen) atoms. The van der Waals surface area contributed by atoms with E-state index in [0.29, 0.717) is 19.4 Å². The molecule has 1 N–H and O–H groups in total. The van der Waals surface area contributed by atoms with Crippen LogP contribution in [0.2, 0.25) is 0 Å². The molecular formula is C14H13N3O5. The number of nitrogens with one attached hydrogen (secondary N) is 1. The average molecular weight is 303 g/mol. The van der Waals surface area contributed by atoms with Gasteiger partial charge in [0, 0.05) is 18.7 Å². The molecule has 1 fully saturated rings. The lowest BCUT2D eigenvalue weighted by Gasteiger charge is -2.38. The molecular weight excluding hydrogens is 290 g/mol. The molecule has 0 unspecified atom stereocenters. The summed E-state index contributed by atoms with van der Waals surface area (Å²) >= 11 is 0. The highest BCUT2D eigenvalue weighted by Gasteiger charge is 2.51. The number of rotatable bonds is 2. The Bertz CT molecular complexity index is 729. The zero-order valence-corrected chi connectivity index (χ0v) is 11.8. The fourth-order valence-electron chi connectivity index (χ4n) is 2.94. The second-order valence-corrected chi connectivity index (χ2v) is 5.57.